The average molecular weight is 273 g/mol. The van der Waals surface area contributed by atoms with Gasteiger partial charge in [0.1, 0.15) is 5.65 Å². The fourth-order valence-corrected chi connectivity index (χ4v) is 3.06. The van der Waals surface area contributed by atoms with E-state index in [4.69, 9.17) is 0 Å². The Morgan fingerprint density at radius 2 is 2.30 bits per heavy atom. The van der Waals surface area contributed by atoms with Crippen molar-refractivity contribution in [3.05, 3.63) is 30.1 Å². The number of aromatic nitrogens is 2. The monoisotopic (exact) mass is 273 g/mol. The first kappa shape index (κ1) is 13.0. The number of hydrogen-bond donors (Lipinski definition) is 2. The molecule has 2 heterocycles. The molecule has 1 aliphatic rings. The Balaban J connectivity index is 2.03. The minimum atomic E-state index is -0.956. The van der Waals surface area contributed by atoms with Crippen molar-refractivity contribution in [2.75, 3.05) is 5.32 Å². The zero-order valence-corrected chi connectivity index (χ0v) is 11.8. The van der Waals surface area contributed by atoms with Crippen molar-refractivity contribution in [1.29, 1.82) is 0 Å². The number of anilines is 1. The largest absolute Gasteiger partial charge is 0.476 e. The normalized spacial score (nSPS) is 21.2. The standard InChI is InChI=1S/C15H19N3O2/c1-15(2)8-5-6-10(15)16-13-12(14(19)20)18-9-4-3-7-11(18)17-13/h3-4,7,9-10,16H,5-6,8H2,1-2H3,(H,19,20). The first-order valence-corrected chi connectivity index (χ1v) is 6.96. The van der Waals surface area contributed by atoms with Gasteiger partial charge in [0.15, 0.2) is 11.5 Å². The van der Waals surface area contributed by atoms with Crippen LogP contribution in [0.3, 0.4) is 0 Å². The molecule has 2 aromatic heterocycles. The van der Waals surface area contributed by atoms with Crippen LogP contribution in [0, 0.1) is 5.41 Å². The summed E-state index contributed by atoms with van der Waals surface area (Å²) < 4.78 is 1.62. The van der Waals surface area contributed by atoms with Crippen molar-refractivity contribution >= 4 is 17.4 Å². The van der Waals surface area contributed by atoms with E-state index in [-0.39, 0.29) is 17.2 Å². The average Bonchev–Trinajstić information content (AvgIpc) is 2.90. The topological polar surface area (TPSA) is 66.6 Å². The molecule has 0 aromatic carbocycles. The van der Waals surface area contributed by atoms with Gasteiger partial charge in [-0.15, -0.1) is 0 Å². The number of carboxylic acids is 1. The van der Waals surface area contributed by atoms with Gasteiger partial charge < -0.3 is 10.4 Å². The summed E-state index contributed by atoms with van der Waals surface area (Å²) in [6.45, 7) is 4.43. The van der Waals surface area contributed by atoms with Crippen LogP contribution in [0.2, 0.25) is 0 Å². The molecule has 3 rings (SSSR count). The number of carboxylic acid groups (broad SMARTS) is 1. The lowest BCUT2D eigenvalue weighted by atomic mass is 9.87. The summed E-state index contributed by atoms with van der Waals surface area (Å²) in [5, 5.41) is 12.8. The molecule has 1 aliphatic carbocycles. The van der Waals surface area contributed by atoms with Gasteiger partial charge in [-0.3, -0.25) is 4.40 Å². The number of nitrogens with one attached hydrogen (secondary N) is 1. The zero-order chi connectivity index (χ0) is 14.3. The van der Waals surface area contributed by atoms with Gasteiger partial charge in [-0.25, -0.2) is 9.78 Å². The third kappa shape index (κ3) is 2.03. The lowest BCUT2D eigenvalue weighted by Gasteiger charge is -2.27. The van der Waals surface area contributed by atoms with Crippen molar-refractivity contribution in [2.45, 2.75) is 39.2 Å². The van der Waals surface area contributed by atoms with Crippen LogP contribution in [0.25, 0.3) is 5.65 Å². The highest BCUT2D eigenvalue weighted by atomic mass is 16.4. The van der Waals surface area contributed by atoms with E-state index < -0.39 is 5.97 Å². The third-order valence-electron chi connectivity index (χ3n) is 4.30. The van der Waals surface area contributed by atoms with Crippen molar-refractivity contribution in [2.24, 2.45) is 5.41 Å². The van der Waals surface area contributed by atoms with Gasteiger partial charge >= 0.3 is 5.97 Å². The molecule has 5 heteroatoms. The highest BCUT2D eigenvalue weighted by Crippen LogP contribution is 2.39. The molecule has 20 heavy (non-hydrogen) atoms. The Hall–Kier alpha value is -2.04. The fourth-order valence-electron chi connectivity index (χ4n) is 3.06. The Morgan fingerprint density at radius 3 is 2.95 bits per heavy atom. The molecule has 1 unspecified atom stereocenters. The zero-order valence-electron chi connectivity index (χ0n) is 11.8. The summed E-state index contributed by atoms with van der Waals surface area (Å²) in [5.41, 5.74) is 1.04. The minimum absolute atomic E-state index is 0.172. The van der Waals surface area contributed by atoms with Crippen LogP contribution in [0.5, 0.6) is 0 Å². The molecule has 1 fully saturated rings. The van der Waals surface area contributed by atoms with Gasteiger partial charge in [0, 0.05) is 12.2 Å². The van der Waals surface area contributed by atoms with Crippen molar-refractivity contribution in [3.63, 3.8) is 0 Å². The van der Waals surface area contributed by atoms with Gasteiger partial charge in [0.2, 0.25) is 0 Å². The van der Waals surface area contributed by atoms with Crippen LogP contribution in [0.1, 0.15) is 43.6 Å². The molecule has 106 valence electrons. The van der Waals surface area contributed by atoms with Crippen LogP contribution < -0.4 is 5.32 Å². The Labute approximate surface area is 117 Å². The molecular formula is C15H19N3O2. The molecular weight excluding hydrogens is 254 g/mol. The van der Waals surface area contributed by atoms with Gasteiger partial charge in [-0.2, -0.15) is 0 Å². The maximum atomic E-state index is 11.5. The molecule has 2 N–H and O–H groups in total. The van der Waals surface area contributed by atoms with E-state index in [9.17, 15) is 9.90 Å². The smallest absolute Gasteiger partial charge is 0.356 e. The highest BCUT2D eigenvalue weighted by Gasteiger charge is 2.35. The van der Waals surface area contributed by atoms with Crippen LogP contribution in [-0.2, 0) is 0 Å². The quantitative estimate of drug-likeness (QED) is 0.902. The maximum absolute atomic E-state index is 11.5. The molecule has 0 amide bonds. The second-order valence-corrected chi connectivity index (χ2v) is 6.12. The van der Waals surface area contributed by atoms with E-state index in [1.165, 1.54) is 6.42 Å². The number of aromatic carboxylic acids is 1. The Bertz CT molecular complexity index is 660. The summed E-state index contributed by atoms with van der Waals surface area (Å²) in [6.07, 6.45) is 5.11. The second-order valence-electron chi connectivity index (χ2n) is 6.12. The Kier molecular flexibility index (Phi) is 2.92. The summed E-state index contributed by atoms with van der Waals surface area (Å²) >= 11 is 0. The van der Waals surface area contributed by atoms with E-state index in [0.717, 1.165) is 12.8 Å². The van der Waals surface area contributed by atoms with Crippen LogP contribution in [0.4, 0.5) is 5.82 Å². The Morgan fingerprint density at radius 1 is 1.50 bits per heavy atom. The number of rotatable bonds is 3. The molecule has 0 radical (unpaired) electrons. The van der Waals surface area contributed by atoms with E-state index in [0.29, 0.717) is 11.5 Å². The van der Waals surface area contributed by atoms with Gasteiger partial charge in [-0.1, -0.05) is 26.3 Å². The van der Waals surface area contributed by atoms with Crippen LogP contribution in [-0.4, -0.2) is 26.5 Å². The molecule has 1 saturated carbocycles. The van der Waals surface area contributed by atoms with Crippen LogP contribution >= 0.6 is 0 Å². The van der Waals surface area contributed by atoms with Gasteiger partial charge in [0.05, 0.1) is 0 Å². The molecule has 2 aromatic rings. The number of nitrogens with zero attached hydrogens (tertiary/aromatic N) is 2. The third-order valence-corrected chi connectivity index (χ3v) is 4.30. The SMILES string of the molecule is CC1(C)CCCC1Nc1nc2ccccn2c1C(=O)O. The maximum Gasteiger partial charge on any atom is 0.356 e. The predicted octanol–water partition coefficient (Wildman–Crippen LogP) is 3.02. The highest BCUT2D eigenvalue weighted by molar-refractivity contribution is 5.93. The van der Waals surface area contributed by atoms with E-state index >= 15 is 0 Å². The molecule has 0 saturated heterocycles. The number of hydrogen-bond acceptors (Lipinski definition) is 3. The molecule has 0 aliphatic heterocycles. The molecule has 0 spiro atoms. The summed E-state index contributed by atoms with van der Waals surface area (Å²) in [7, 11) is 0. The molecule has 1 atom stereocenters. The van der Waals surface area contributed by atoms with Gasteiger partial charge in [0.25, 0.3) is 0 Å². The summed E-state index contributed by atoms with van der Waals surface area (Å²) in [5.74, 6) is -0.481. The lowest BCUT2D eigenvalue weighted by molar-refractivity contribution is 0.0690. The fraction of sp³-hybridized carbons (Fsp3) is 0.467. The summed E-state index contributed by atoms with van der Waals surface area (Å²) in [6, 6.07) is 5.75. The first-order valence-electron chi connectivity index (χ1n) is 6.96. The number of imidazole rings is 1. The van der Waals surface area contributed by atoms with E-state index in [1.54, 1.807) is 10.6 Å². The van der Waals surface area contributed by atoms with Crippen molar-refractivity contribution in [3.8, 4) is 0 Å². The van der Waals surface area contributed by atoms with Crippen LogP contribution in [0.15, 0.2) is 24.4 Å². The number of fused-ring (bicyclic) bond motifs is 1. The summed E-state index contributed by atoms with van der Waals surface area (Å²) in [4.78, 5) is 16.0. The van der Waals surface area contributed by atoms with E-state index in [1.807, 2.05) is 18.2 Å². The molecule has 5 nitrogen and oxygen atoms in total. The lowest BCUT2D eigenvalue weighted by Crippen LogP contribution is -2.31. The minimum Gasteiger partial charge on any atom is -0.476 e. The predicted molar refractivity (Wildman–Crippen MR) is 77.2 cm³/mol. The second kappa shape index (κ2) is 4.51. The number of pyridine rings is 1. The first-order chi connectivity index (χ1) is 9.49. The number of carbonyl (C=O) groups is 1. The van der Waals surface area contributed by atoms with E-state index in [2.05, 4.69) is 24.1 Å². The van der Waals surface area contributed by atoms with Crippen molar-refractivity contribution < 1.29 is 9.90 Å². The molecule has 0 bridgehead atoms. The van der Waals surface area contributed by atoms with Crippen molar-refractivity contribution in [1.82, 2.24) is 9.38 Å². The van der Waals surface area contributed by atoms with Gasteiger partial charge in [-0.05, 0) is 30.4 Å².